The summed E-state index contributed by atoms with van der Waals surface area (Å²) in [7, 11) is 1.69. The first-order valence-corrected chi connectivity index (χ1v) is 9.11. The van der Waals surface area contributed by atoms with Crippen LogP contribution in [-0.2, 0) is 11.8 Å². The summed E-state index contributed by atoms with van der Waals surface area (Å²) < 4.78 is 1.56. The summed E-state index contributed by atoms with van der Waals surface area (Å²) in [6.07, 6.45) is 3.16. The van der Waals surface area contributed by atoms with E-state index < -0.39 is 0 Å². The maximum atomic E-state index is 12.7. The maximum Gasteiger partial charge on any atom is 0.270 e. The molecule has 6 nitrogen and oxygen atoms in total. The minimum absolute atomic E-state index is 0.106. The summed E-state index contributed by atoms with van der Waals surface area (Å²) in [6.45, 7) is 0.983. The number of nitrogens with one attached hydrogen (secondary N) is 1. The Labute approximate surface area is 153 Å². The molecule has 0 spiro atoms. The lowest BCUT2D eigenvalue weighted by molar-refractivity contribution is -0.121. The van der Waals surface area contributed by atoms with E-state index in [1.54, 1.807) is 34.2 Å². The normalized spacial score (nSPS) is 17.8. The first kappa shape index (κ1) is 17.3. The Morgan fingerprint density at radius 2 is 2.21 bits per heavy atom. The van der Waals surface area contributed by atoms with Crippen LogP contribution < -0.4 is 5.32 Å². The second kappa shape index (κ2) is 7.13. The Morgan fingerprint density at radius 3 is 2.83 bits per heavy atom. The minimum Gasteiger partial charge on any atom is -0.337 e. The van der Waals surface area contributed by atoms with Crippen molar-refractivity contribution in [3.05, 3.63) is 33.5 Å². The van der Waals surface area contributed by atoms with Gasteiger partial charge in [-0.1, -0.05) is 23.2 Å². The molecule has 3 rings (SSSR count). The molecular weight excluding hydrogens is 371 g/mol. The summed E-state index contributed by atoms with van der Waals surface area (Å²) in [5.74, 6) is -0.527. The highest BCUT2D eigenvalue weighted by molar-refractivity contribution is 7.13. The van der Waals surface area contributed by atoms with Crippen LogP contribution in [0, 0.1) is 5.92 Å². The van der Waals surface area contributed by atoms with E-state index in [9.17, 15) is 9.59 Å². The number of aromatic nitrogens is 2. The number of nitrogens with zero attached hydrogens (tertiary/aromatic N) is 3. The summed E-state index contributed by atoms with van der Waals surface area (Å²) in [5, 5.41) is 5.85. The van der Waals surface area contributed by atoms with Crippen LogP contribution in [0.15, 0.2) is 17.6 Å². The van der Waals surface area contributed by atoms with Gasteiger partial charge in [0.1, 0.15) is 10.8 Å². The van der Waals surface area contributed by atoms with Gasteiger partial charge in [0.05, 0.1) is 10.9 Å². The Bertz CT molecular complexity index is 760. The maximum absolute atomic E-state index is 12.7. The fourth-order valence-electron chi connectivity index (χ4n) is 2.78. The Kier molecular flexibility index (Phi) is 5.12. The number of carbonyl (C=O) groups is 2. The molecule has 1 atom stereocenters. The van der Waals surface area contributed by atoms with E-state index >= 15 is 0 Å². The standard InChI is InChI=1S/C15H16Cl2N4O2S/c1-20-11(7-10(16)12(20)17)14(23)21-5-2-3-9(8-21)13(22)19-15-18-4-6-24-15/h4,6-7,9H,2-3,5,8H2,1H3,(H,18,19,22). The fourth-order valence-corrected chi connectivity index (χ4v) is 3.69. The largest absolute Gasteiger partial charge is 0.337 e. The van der Waals surface area contributed by atoms with E-state index in [0.717, 1.165) is 12.8 Å². The Morgan fingerprint density at radius 1 is 1.42 bits per heavy atom. The van der Waals surface area contributed by atoms with Crippen molar-refractivity contribution in [1.29, 1.82) is 0 Å². The lowest BCUT2D eigenvalue weighted by Crippen LogP contribution is -2.44. The van der Waals surface area contributed by atoms with Crippen LogP contribution in [0.2, 0.25) is 10.2 Å². The van der Waals surface area contributed by atoms with Crippen molar-refractivity contribution in [2.45, 2.75) is 12.8 Å². The molecule has 1 saturated heterocycles. The van der Waals surface area contributed by atoms with Crippen LogP contribution >= 0.6 is 34.5 Å². The van der Waals surface area contributed by atoms with Gasteiger partial charge in [0.15, 0.2) is 5.13 Å². The van der Waals surface area contributed by atoms with Gasteiger partial charge in [0.2, 0.25) is 5.91 Å². The third kappa shape index (κ3) is 3.43. The zero-order valence-electron chi connectivity index (χ0n) is 13.0. The minimum atomic E-state index is -0.252. The van der Waals surface area contributed by atoms with Gasteiger partial charge in [-0.15, -0.1) is 11.3 Å². The van der Waals surface area contributed by atoms with E-state index in [1.807, 2.05) is 0 Å². The van der Waals surface area contributed by atoms with Crippen LogP contribution in [0.4, 0.5) is 5.13 Å². The number of hydrogen-bond acceptors (Lipinski definition) is 4. The topological polar surface area (TPSA) is 67.2 Å². The van der Waals surface area contributed by atoms with Gasteiger partial charge in [0.25, 0.3) is 5.91 Å². The Hall–Kier alpha value is -1.57. The van der Waals surface area contributed by atoms with Crippen molar-refractivity contribution < 1.29 is 9.59 Å². The molecule has 1 N–H and O–H groups in total. The molecule has 9 heteroatoms. The van der Waals surface area contributed by atoms with Gasteiger partial charge in [-0.05, 0) is 18.9 Å². The highest BCUT2D eigenvalue weighted by atomic mass is 35.5. The van der Waals surface area contributed by atoms with Crippen LogP contribution in [0.3, 0.4) is 0 Å². The molecule has 1 aliphatic heterocycles. The van der Waals surface area contributed by atoms with E-state index in [4.69, 9.17) is 23.2 Å². The van der Waals surface area contributed by atoms with Crippen LogP contribution in [0.5, 0.6) is 0 Å². The summed E-state index contributed by atoms with van der Waals surface area (Å²) in [5.41, 5.74) is 0.422. The zero-order chi connectivity index (χ0) is 17.3. The monoisotopic (exact) mass is 386 g/mol. The number of piperidine rings is 1. The van der Waals surface area contributed by atoms with Gasteiger partial charge in [0, 0.05) is 31.7 Å². The van der Waals surface area contributed by atoms with Crippen LogP contribution in [-0.4, -0.2) is 39.4 Å². The molecule has 0 aliphatic carbocycles. The highest BCUT2D eigenvalue weighted by Crippen LogP contribution is 2.27. The molecule has 2 aromatic heterocycles. The molecule has 0 aromatic carbocycles. The van der Waals surface area contributed by atoms with E-state index in [0.29, 0.717) is 34.1 Å². The molecule has 2 amide bonds. The van der Waals surface area contributed by atoms with Gasteiger partial charge in [-0.3, -0.25) is 9.59 Å². The molecule has 0 bridgehead atoms. The fraction of sp³-hybridized carbons (Fsp3) is 0.400. The molecule has 128 valence electrons. The van der Waals surface area contributed by atoms with Gasteiger partial charge < -0.3 is 14.8 Å². The molecule has 0 saturated carbocycles. The van der Waals surface area contributed by atoms with Crippen molar-refractivity contribution in [1.82, 2.24) is 14.5 Å². The summed E-state index contributed by atoms with van der Waals surface area (Å²) in [6, 6.07) is 1.56. The number of hydrogen-bond donors (Lipinski definition) is 1. The van der Waals surface area contributed by atoms with Gasteiger partial charge in [-0.25, -0.2) is 4.98 Å². The smallest absolute Gasteiger partial charge is 0.270 e. The van der Waals surface area contributed by atoms with Crippen LogP contribution in [0.25, 0.3) is 0 Å². The quantitative estimate of drug-likeness (QED) is 0.879. The Balaban J connectivity index is 1.69. The lowest BCUT2D eigenvalue weighted by Gasteiger charge is -2.32. The molecule has 0 radical (unpaired) electrons. The highest BCUT2D eigenvalue weighted by Gasteiger charge is 2.30. The number of anilines is 1. The molecule has 1 aliphatic rings. The second-order valence-corrected chi connectivity index (χ2v) is 7.30. The summed E-state index contributed by atoms with van der Waals surface area (Å²) >= 11 is 13.4. The molecule has 1 fully saturated rings. The van der Waals surface area contributed by atoms with Crippen molar-refractivity contribution in [2.75, 3.05) is 18.4 Å². The van der Waals surface area contributed by atoms with Gasteiger partial charge >= 0.3 is 0 Å². The number of halogens is 2. The number of carbonyl (C=O) groups excluding carboxylic acids is 2. The molecular formula is C15H16Cl2N4O2S. The third-order valence-corrected chi connectivity index (χ3v) is 5.61. The second-order valence-electron chi connectivity index (χ2n) is 5.64. The number of thiazole rings is 1. The van der Waals surface area contributed by atoms with Crippen molar-refractivity contribution >= 4 is 51.5 Å². The lowest BCUT2D eigenvalue weighted by atomic mass is 9.97. The molecule has 24 heavy (non-hydrogen) atoms. The van der Waals surface area contributed by atoms with Gasteiger partial charge in [-0.2, -0.15) is 0 Å². The van der Waals surface area contributed by atoms with Crippen molar-refractivity contribution in [2.24, 2.45) is 13.0 Å². The first-order valence-electron chi connectivity index (χ1n) is 7.47. The van der Waals surface area contributed by atoms with E-state index in [2.05, 4.69) is 10.3 Å². The van der Waals surface area contributed by atoms with E-state index in [-0.39, 0.29) is 17.7 Å². The number of amides is 2. The number of likely N-dealkylation sites (tertiary alicyclic amines) is 1. The van der Waals surface area contributed by atoms with Crippen molar-refractivity contribution in [3.8, 4) is 0 Å². The predicted octanol–water partition coefficient (Wildman–Crippen LogP) is 3.28. The molecule has 3 heterocycles. The molecule has 1 unspecified atom stereocenters. The summed E-state index contributed by atoms with van der Waals surface area (Å²) in [4.78, 5) is 30.8. The third-order valence-electron chi connectivity index (χ3n) is 4.08. The van der Waals surface area contributed by atoms with E-state index in [1.165, 1.54) is 11.3 Å². The van der Waals surface area contributed by atoms with Crippen molar-refractivity contribution in [3.63, 3.8) is 0 Å². The molecule has 2 aromatic rings. The zero-order valence-corrected chi connectivity index (χ0v) is 15.3. The van der Waals surface area contributed by atoms with Crippen LogP contribution in [0.1, 0.15) is 23.3 Å². The first-order chi connectivity index (χ1) is 11.5. The predicted molar refractivity (Wildman–Crippen MR) is 94.8 cm³/mol. The SMILES string of the molecule is Cn1c(C(=O)N2CCCC(C(=O)Nc3nccs3)C2)cc(Cl)c1Cl. The average molecular weight is 387 g/mol. The number of rotatable bonds is 3. The average Bonchev–Trinajstić information content (AvgIpc) is 3.18.